The maximum atomic E-state index is 12.4. The summed E-state index contributed by atoms with van der Waals surface area (Å²) in [6.45, 7) is 2.55. The van der Waals surface area contributed by atoms with Gasteiger partial charge in [-0.2, -0.15) is 0 Å². The van der Waals surface area contributed by atoms with E-state index in [-0.39, 0.29) is 17.2 Å². The van der Waals surface area contributed by atoms with Crippen LogP contribution in [0.3, 0.4) is 0 Å². The molecule has 0 aliphatic heterocycles. The minimum Gasteiger partial charge on any atom is -0.440 e. The molecule has 1 fully saturated rings. The second-order valence-electron chi connectivity index (χ2n) is 6.62. The van der Waals surface area contributed by atoms with Crippen molar-refractivity contribution in [2.45, 2.75) is 43.2 Å². The van der Waals surface area contributed by atoms with Crippen molar-refractivity contribution in [2.24, 2.45) is 11.7 Å². The fraction of sp³-hybridized carbons (Fsp3) is 0.474. The molecule has 140 valence electrons. The Morgan fingerprint density at radius 1 is 1.42 bits per heavy atom. The third kappa shape index (κ3) is 4.81. The largest absolute Gasteiger partial charge is 0.440 e. The number of thioether (sulfide) groups is 1. The van der Waals surface area contributed by atoms with Crippen molar-refractivity contribution in [3.63, 3.8) is 0 Å². The lowest BCUT2D eigenvalue weighted by molar-refractivity contribution is -0.121. The molecule has 5 nitrogen and oxygen atoms in total. The van der Waals surface area contributed by atoms with Crippen LogP contribution in [0, 0.1) is 5.92 Å². The molecule has 1 aliphatic rings. The van der Waals surface area contributed by atoms with Gasteiger partial charge in [0.1, 0.15) is 0 Å². The average molecular weight is 394 g/mol. The number of nitrogens with two attached hydrogens (primary N) is 1. The number of hydrogen-bond acceptors (Lipinski definition) is 5. The van der Waals surface area contributed by atoms with E-state index >= 15 is 0 Å². The number of aromatic nitrogens is 1. The molecule has 7 heteroatoms. The van der Waals surface area contributed by atoms with Crippen LogP contribution in [-0.2, 0) is 10.5 Å². The number of carbonyl (C=O) groups excluding carboxylic acids is 1. The van der Waals surface area contributed by atoms with E-state index in [1.165, 1.54) is 11.8 Å². The van der Waals surface area contributed by atoms with Gasteiger partial charge in [0, 0.05) is 16.6 Å². The lowest BCUT2D eigenvalue weighted by Gasteiger charge is -2.21. The molecule has 3 atom stereocenters. The number of rotatable bonds is 7. The van der Waals surface area contributed by atoms with Crippen LogP contribution in [0.4, 0.5) is 0 Å². The van der Waals surface area contributed by atoms with Crippen LogP contribution in [0.25, 0.3) is 11.3 Å². The summed E-state index contributed by atoms with van der Waals surface area (Å²) >= 11 is 7.42. The topological polar surface area (TPSA) is 81.2 Å². The number of halogens is 1. The summed E-state index contributed by atoms with van der Waals surface area (Å²) in [4.78, 5) is 16.7. The number of nitrogens with zero attached hydrogens (tertiary/aromatic N) is 1. The molecule has 3 N–H and O–H groups in total. The third-order valence-corrected chi connectivity index (χ3v) is 6.18. The predicted molar refractivity (Wildman–Crippen MR) is 106 cm³/mol. The zero-order chi connectivity index (χ0) is 18.5. The monoisotopic (exact) mass is 393 g/mol. The number of benzene rings is 1. The Bertz CT molecular complexity index is 735. The zero-order valence-corrected chi connectivity index (χ0v) is 16.4. The van der Waals surface area contributed by atoms with Gasteiger partial charge in [0.25, 0.3) is 0 Å². The third-order valence-electron chi connectivity index (χ3n) is 4.80. The van der Waals surface area contributed by atoms with E-state index in [2.05, 4.69) is 10.3 Å². The molecule has 0 radical (unpaired) electrons. The summed E-state index contributed by atoms with van der Waals surface area (Å²) in [6, 6.07) is 7.64. The highest BCUT2D eigenvalue weighted by molar-refractivity contribution is 7.99. The summed E-state index contributed by atoms with van der Waals surface area (Å²) in [7, 11) is 0. The van der Waals surface area contributed by atoms with Crippen LogP contribution in [0.5, 0.6) is 0 Å². The van der Waals surface area contributed by atoms with Gasteiger partial charge in [-0.1, -0.05) is 18.0 Å². The quantitative estimate of drug-likeness (QED) is 0.746. The van der Waals surface area contributed by atoms with Crippen LogP contribution >= 0.6 is 23.4 Å². The fourth-order valence-corrected chi connectivity index (χ4v) is 4.08. The average Bonchev–Trinajstić information content (AvgIpc) is 3.29. The van der Waals surface area contributed by atoms with Crippen molar-refractivity contribution >= 4 is 29.3 Å². The van der Waals surface area contributed by atoms with Gasteiger partial charge < -0.3 is 15.5 Å². The Morgan fingerprint density at radius 2 is 2.19 bits per heavy atom. The second-order valence-corrected chi connectivity index (χ2v) is 8.39. The first-order chi connectivity index (χ1) is 12.6. The Hall–Kier alpha value is -1.50. The summed E-state index contributed by atoms with van der Waals surface area (Å²) in [6.07, 6.45) is 4.97. The molecule has 26 heavy (non-hydrogen) atoms. The number of hydrogen-bond donors (Lipinski definition) is 2. The van der Waals surface area contributed by atoms with E-state index in [1.807, 2.05) is 31.2 Å². The first-order valence-electron chi connectivity index (χ1n) is 8.89. The van der Waals surface area contributed by atoms with E-state index in [0.717, 1.165) is 24.8 Å². The molecule has 2 aromatic rings. The first-order valence-corrected chi connectivity index (χ1v) is 10.3. The molecule has 1 aromatic heterocycles. The van der Waals surface area contributed by atoms with Gasteiger partial charge in [0.15, 0.2) is 5.76 Å². The smallest absolute Gasteiger partial charge is 0.233 e. The maximum absolute atomic E-state index is 12.4. The van der Waals surface area contributed by atoms with Gasteiger partial charge in [-0.25, -0.2) is 4.98 Å². The Kier molecular flexibility index (Phi) is 6.62. The summed E-state index contributed by atoms with van der Waals surface area (Å²) < 4.78 is 5.78. The fourth-order valence-electron chi connectivity index (χ4n) is 3.21. The highest BCUT2D eigenvalue weighted by atomic mass is 35.5. The standard InChI is InChI=1S/C19H24ClN3O2S/c1-12(19(24)23-16-4-2-3-14(16)9-21)26-11-18-22-10-17(25-18)13-5-7-15(20)8-6-13/h5-8,10,12,14,16H,2-4,9,11,21H2,1H3,(H,23,24). The van der Waals surface area contributed by atoms with Gasteiger partial charge in [-0.15, -0.1) is 11.8 Å². The minimum absolute atomic E-state index is 0.0600. The van der Waals surface area contributed by atoms with E-state index < -0.39 is 0 Å². The molecule has 0 saturated heterocycles. The first kappa shape index (κ1) is 19.3. The maximum Gasteiger partial charge on any atom is 0.233 e. The van der Waals surface area contributed by atoms with E-state index in [4.69, 9.17) is 21.8 Å². The molecule has 0 spiro atoms. The molecule has 1 aliphatic carbocycles. The molecule has 3 unspecified atom stereocenters. The normalized spacial score (nSPS) is 20.9. The van der Waals surface area contributed by atoms with Gasteiger partial charge in [0.2, 0.25) is 11.8 Å². The molecular formula is C19H24ClN3O2S. The number of oxazole rings is 1. The van der Waals surface area contributed by atoms with Crippen molar-refractivity contribution in [3.8, 4) is 11.3 Å². The van der Waals surface area contributed by atoms with Crippen LogP contribution < -0.4 is 11.1 Å². The molecule has 1 amide bonds. The van der Waals surface area contributed by atoms with Crippen LogP contribution in [-0.4, -0.2) is 28.7 Å². The van der Waals surface area contributed by atoms with Crippen molar-refractivity contribution in [1.29, 1.82) is 0 Å². The summed E-state index contributed by atoms with van der Waals surface area (Å²) in [5.41, 5.74) is 6.71. The Labute approximate surface area is 163 Å². The highest BCUT2D eigenvalue weighted by Crippen LogP contribution is 2.27. The van der Waals surface area contributed by atoms with Gasteiger partial charge in [-0.3, -0.25) is 4.79 Å². The lowest BCUT2D eigenvalue weighted by Crippen LogP contribution is -2.43. The number of amides is 1. The van der Waals surface area contributed by atoms with E-state index in [9.17, 15) is 4.79 Å². The van der Waals surface area contributed by atoms with Crippen LogP contribution in [0.2, 0.25) is 5.02 Å². The second kappa shape index (κ2) is 8.93. The van der Waals surface area contributed by atoms with Crippen LogP contribution in [0.15, 0.2) is 34.9 Å². The van der Waals surface area contributed by atoms with Crippen molar-refractivity contribution in [1.82, 2.24) is 10.3 Å². The van der Waals surface area contributed by atoms with Crippen molar-refractivity contribution < 1.29 is 9.21 Å². The number of carbonyl (C=O) groups is 1. The zero-order valence-electron chi connectivity index (χ0n) is 14.8. The lowest BCUT2D eigenvalue weighted by atomic mass is 10.0. The Morgan fingerprint density at radius 3 is 2.92 bits per heavy atom. The van der Waals surface area contributed by atoms with Gasteiger partial charge >= 0.3 is 0 Å². The van der Waals surface area contributed by atoms with E-state index in [1.54, 1.807) is 6.20 Å². The van der Waals surface area contributed by atoms with Crippen LogP contribution in [0.1, 0.15) is 32.1 Å². The van der Waals surface area contributed by atoms with Crippen molar-refractivity contribution in [3.05, 3.63) is 41.4 Å². The molecule has 1 heterocycles. The minimum atomic E-state index is -0.167. The van der Waals surface area contributed by atoms with Crippen molar-refractivity contribution in [2.75, 3.05) is 6.54 Å². The molecule has 3 rings (SSSR count). The summed E-state index contributed by atoms with van der Waals surface area (Å²) in [5.74, 6) is 2.33. The molecular weight excluding hydrogens is 370 g/mol. The predicted octanol–water partition coefficient (Wildman–Crippen LogP) is 3.86. The Balaban J connectivity index is 1.50. The molecule has 0 bridgehead atoms. The van der Waals surface area contributed by atoms with E-state index in [0.29, 0.717) is 34.9 Å². The highest BCUT2D eigenvalue weighted by Gasteiger charge is 2.28. The molecule has 1 saturated carbocycles. The van der Waals surface area contributed by atoms with Gasteiger partial charge in [0.05, 0.1) is 17.2 Å². The molecule has 1 aromatic carbocycles. The summed E-state index contributed by atoms with van der Waals surface area (Å²) in [5, 5.41) is 3.67. The van der Waals surface area contributed by atoms with Gasteiger partial charge in [-0.05, 0) is 56.5 Å². The SMILES string of the molecule is CC(SCc1ncc(-c2ccc(Cl)cc2)o1)C(=O)NC1CCCC1CN. The number of nitrogens with one attached hydrogen (secondary N) is 1.